The smallest absolute Gasteiger partial charge is 0.123 e. The molecule has 0 spiro atoms. The van der Waals surface area contributed by atoms with Crippen LogP contribution in [0.5, 0.6) is 0 Å². The van der Waals surface area contributed by atoms with Crippen LogP contribution >= 0.6 is 0 Å². The van der Waals surface area contributed by atoms with Crippen LogP contribution in [0.3, 0.4) is 0 Å². The molecule has 0 aliphatic rings. The standard InChI is InChI=1S/C15H27NO2/c1-5-8-16-11-14-13(6-9-18-14)12-17-10-7-15(2,3)4/h6,9,16H,5,7-8,10-12H2,1-4H3. The molecule has 1 N–H and O–H groups in total. The van der Waals surface area contributed by atoms with Gasteiger partial charge in [0.05, 0.1) is 19.4 Å². The SMILES string of the molecule is CCCNCc1occc1COCCC(C)(C)C. The number of hydrogen-bond acceptors (Lipinski definition) is 3. The third kappa shape index (κ3) is 6.22. The average molecular weight is 253 g/mol. The van der Waals surface area contributed by atoms with Crippen LogP contribution in [0.15, 0.2) is 16.7 Å². The van der Waals surface area contributed by atoms with E-state index in [1.54, 1.807) is 6.26 Å². The zero-order valence-corrected chi connectivity index (χ0v) is 12.2. The van der Waals surface area contributed by atoms with Crippen molar-refractivity contribution >= 4 is 0 Å². The van der Waals surface area contributed by atoms with Gasteiger partial charge in [-0.1, -0.05) is 27.7 Å². The van der Waals surface area contributed by atoms with Crippen LogP contribution in [0.4, 0.5) is 0 Å². The third-order valence-electron chi connectivity index (χ3n) is 2.80. The molecule has 1 aromatic heterocycles. The molecule has 3 heteroatoms. The Morgan fingerprint density at radius 1 is 1.33 bits per heavy atom. The van der Waals surface area contributed by atoms with Gasteiger partial charge in [0.15, 0.2) is 0 Å². The van der Waals surface area contributed by atoms with Crippen molar-refractivity contribution in [3.8, 4) is 0 Å². The van der Waals surface area contributed by atoms with E-state index < -0.39 is 0 Å². The van der Waals surface area contributed by atoms with E-state index in [0.717, 1.165) is 43.9 Å². The highest BCUT2D eigenvalue weighted by atomic mass is 16.5. The third-order valence-corrected chi connectivity index (χ3v) is 2.80. The molecule has 0 bridgehead atoms. The fourth-order valence-corrected chi connectivity index (χ4v) is 1.59. The Hall–Kier alpha value is -0.800. The summed E-state index contributed by atoms with van der Waals surface area (Å²) >= 11 is 0. The van der Waals surface area contributed by atoms with Crippen molar-refractivity contribution in [2.24, 2.45) is 5.41 Å². The van der Waals surface area contributed by atoms with Gasteiger partial charge in [-0.25, -0.2) is 0 Å². The molecular weight excluding hydrogens is 226 g/mol. The first-order valence-electron chi connectivity index (χ1n) is 6.86. The van der Waals surface area contributed by atoms with E-state index in [1.807, 2.05) is 6.07 Å². The second kappa shape index (κ2) is 7.59. The van der Waals surface area contributed by atoms with Crippen molar-refractivity contribution in [3.05, 3.63) is 23.7 Å². The molecule has 3 nitrogen and oxygen atoms in total. The maximum atomic E-state index is 5.71. The Morgan fingerprint density at radius 3 is 2.78 bits per heavy atom. The molecule has 0 aliphatic carbocycles. The summed E-state index contributed by atoms with van der Waals surface area (Å²) in [5, 5.41) is 3.34. The van der Waals surface area contributed by atoms with Crippen molar-refractivity contribution in [3.63, 3.8) is 0 Å². The Balaban J connectivity index is 2.27. The van der Waals surface area contributed by atoms with E-state index in [1.165, 1.54) is 0 Å². The van der Waals surface area contributed by atoms with Gasteiger partial charge in [-0.15, -0.1) is 0 Å². The Kier molecular flexibility index (Phi) is 6.44. The van der Waals surface area contributed by atoms with E-state index in [-0.39, 0.29) is 0 Å². The van der Waals surface area contributed by atoms with E-state index in [9.17, 15) is 0 Å². The lowest BCUT2D eigenvalue weighted by Crippen LogP contribution is -2.14. The minimum atomic E-state index is 0.335. The van der Waals surface area contributed by atoms with Crippen LogP contribution < -0.4 is 5.32 Å². The highest BCUT2D eigenvalue weighted by Gasteiger charge is 2.10. The Labute approximate surface area is 111 Å². The van der Waals surface area contributed by atoms with Crippen LogP contribution in [0.1, 0.15) is 51.9 Å². The van der Waals surface area contributed by atoms with Crippen molar-refractivity contribution in [1.29, 1.82) is 0 Å². The summed E-state index contributed by atoms with van der Waals surface area (Å²) in [7, 11) is 0. The summed E-state index contributed by atoms with van der Waals surface area (Å²) in [5.41, 5.74) is 1.49. The van der Waals surface area contributed by atoms with Gasteiger partial charge in [0.25, 0.3) is 0 Å². The highest BCUT2D eigenvalue weighted by molar-refractivity contribution is 5.15. The molecule has 0 unspecified atom stereocenters. The molecule has 1 aromatic rings. The van der Waals surface area contributed by atoms with Crippen molar-refractivity contribution in [1.82, 2.24) is 5.32 Å². The molecule has 18 heavy (non-hydrogen) atoms. The highest BCUT2D eigenvalue weighted by Crippen LogP contribution is 2.19. The van der Waals surface area contributed by atoms with Crippen molar-refractivity contribution in [2.45, 2.75) is 53.7 Å². The molecule has 0 fully saturated rings. The number of hydrogen-bond donors (Lipinski definition) is 1. The van der Waals surface area contributed by atoms with E-state index >= 15 is 0 Å². The minimum absolute atomic E-state index is 0.335. The Morgan fingerprint density at radius 2 is 2.11 bits per heavy atom. The lowest BCUT2D eigenvalue weighted by atomic mass is 9.93. The second-order valence-electron chi connectivity index (χ2n) is 5.91. The van der Waals surface area contributed by atoms with Crippen LogP contribution in [-0.4, -0.2) is 13.2 Å². The fourth-order valence-electron chi connectivity index (χ4n) is 1.59. The number of nitrogens with one attached hydrogen (secondary N) is 1. The topological polar surface area (TPSA) is 34.4 Å². The van der Waals surface area contributed by atoms with Crippen molar-refractivity contribution in [2.75, 3.05) is 13.2 Å². The number of furan rings is 1. The minimum Gasteiger partial charge on any atom is -0.468 e. The van der Waals surface area contributed by atoms with Gasteiger partial charge >= 0.3 is 0 Å². The predicted octanol–water partition coefficient (Wildman–Crippen LogP) is 3.73. The Bertz CT molecular complexity index is 325. The lowest BCUT2D eigenvalue weighted by Gasteiger charge is -2.17. The summed E-state index contributed by atoms with van der Waals surface area (Å²) in [5.74, 6) is 0.999. The molecule has 0 atom stereocenters. The van der Waals surface area contributed by atoms with E-state index in [0.29, 0.717) is 12.0 Å². The predicted molar refractivity (Wildman–Crippen MR) is 74.4 cm³/mol. The molecule has 0 amide bonds. The van der Waals surface area contributed by atoms with Gasteiger partial charge in [0, 0.05) is 12.2 Å². The molecule has 104 valence electrons. The fraction of sp³-hybridized carbons (Fsp3) is 0.733. The largest absolute Gasteiger partial charge is 0.468 e. The number of ether oxygens (including phenoxy) is 1. The van der Waals surface area contributed by atoms with Gasteiger partial charge in [0.1, 0.15) is 5.76 Å². The van der Waals surface area contributed by atoms with Gasteiger partial charge in [-0.3, -0.25) is 0 Å². The molecule has 0 saturated heterocycles. The normalized spacial score (nSPS) is 12.0. The quantitative estimate of drug-likeness (QED) is 0.717. The molecule has 0 radical (unpaired) electrons. The first-order valence-corrected chi connectivity index (χ1v) is 6.86. The zero-order valence-electron chi connectivity index (χ0n) is 12.2. The van der Waals surface area contributed by atoms with E-state index in [4.69, 9.17) is 9.15 Å². The van der Waals surface area contributed by atoms with Crippen molar-refractivity contribution < 1.29 is 9.15 Å². The molecule has 0 aliphatic heterocycles. The summed E-state index contributed by atoms with van der Waals surface area (Å²) in [6, 6.07) is 2.00. The summed E-state index contributed by atoms with van der Waals surface area (Å²) < 4.78 is 11.2. The second-order valence-corrected chi connectivity index (χ2v) is 5.91. The zero-order chi connectivity index (χ0) is 13.4. The summed E-state index contributed by atoms with van der Waals surface area (Å²) in [4.78, 5) is 0. The van der Waals surface area contributed by atoms with Gasteiger partial charge in [-0.05, 0) is 30.9 Å². The maximum Gasteiger partial charge on any atom is 0.123 e. The van der Waals surface area contributed by atoms with Crippen LogP contribution in [0, 0.1) is 5.41 Å². The molecule has 0 aromatic carbocycles. The molecule has 0 saturated carbocycles. The lowest BCUT2D eigenvalue weighted by molar-refractivity contribution is 0.0951. The first-order chi connectivity index (χ1) is 8.53. The first kappa shape index (κ1) is 15.3. The molecular formula is C15H27NO2. The van der Waals surface area contributed by atoms with Gasteiger partial charge in [0.2, 0.25) is 0 Å². The molecule has 1 rings (SSSR count). The summed E-state index contributed by atoms with van der Waals surface area (Å²) in [6.07, 6.45) is 3.96. The van der Waals surface area contributed by atoms with Crippen LogP contribution in [0.25, 0.3) is 0 Å². The van der Waals surface area contributed by atoms with Gasteiger partial charge in [-0.2, -0.15) is 0 Å². The average Bonchev–Trinajstić information content (AvgIpc) is 2.71. The summed E-state index contributed by atoms with van der Waals surface area (Å²) in [6.45, 7) is 12.1. The van der Waals surface area contributed by atoms with Gasteiger partial charge < -0.3 is 14.5 Å². The van der Waals surface area contributed by atoms with Crippen LogP contribution in [0.2, 0.25) is 0 Å². The molecule has 1 heterocycles. The monoisotopic (exact) mass is 253 g/mol. The van der Waals surface area contributed by atoms with E-state index in [2.05, 4.69) is 33.0 Å². The maximum absolute atomic E-state index is 5.71. The number of rotatable bonds is 8. The van der Waals surface area contributed by atoms with Crippen LogP contribution in [-0.2, 0) is 17.9 Å².